The summed E-state index contributed by atoms with van der Waals surface area (Å²) in [6.07, 6.45) is 3.64. The number of para-hydroxylation sites is 2. The Kier molecular flexibility index (Phi) is 6.17. The number of carbonyl (C=O) groups is 2. The second-order valence-electron chi connectivity index (χ2n) is 8.15. The Labute approximate surface area is 196 Å². The summed E-state index contributed by atoms with van der Waals surface area (Å²) in [5, 5.41) is 5.88. The van der Waals surface area contributed by atoms with Gasteiger partial charge in [-0.1, -0.05) is 42.5 Å². The van der Waals surface area contributed by atoms with Crippen LogP contribution < -0.4 is 5.32 Å². The number of benzene rings is 2. The van der Waals surface area contributed by atoms with Gasteiger partial charge < -0.3 is 14.8 Å². The molecule has 0 spiro atoms. The lowest BCUT2D eigenvalue weighted by atomic mass is 10.2. The molecule has 4 aromatic rings. The molecule has 2 amide bonds. The van der Waals surface area contributed by atoms with Crippen LogP contribution in [-0.2, 0) is 22.7 Å². The van der Waals surface area contributed by atoms with Gasteiger partial charge in [0.2, 0.25) is 11.8 Å². The first kappa shape index (κ1) is 21.3. The summed E-state index contributed by atoms with van der Waals surface area (Å²) in [4.78, 5) is 36.5. The van der Waals surface area contributed by atoms with Gasteiger partial charge >= 0.3 is 0 Å². The maximum absolute atomic E-state index is 12.9. The number of thiazole rings is 1. The highest BCUT2D eigenvalue weighted by molar-refractivity contribution is 7.13. The van der Waals surface area contributed by atoms with Crippen LogP contribution in [0.2, 0.25) is 0 Å². The largest absolute Gasteiger partial charge is 0.349 e. The van der Waals surface area contributed by atoms with Crippen molar-refractivity contribution in [3.05, 3.63) is 72.0 Å². The van der Waals surface area contributed by atoms with Crippen LogP contribution in [0.1, 0.15) is 25.0 Å². The predicted octanol–water partition coefficient (Wildman–Crippen LogP) is 3.86. The van der Waals surface area contributed by atoms with Gasteiger partial charge in [0.25, 0.3) is 0 Å². The van der Waals surface area contributed by atoms with Crippen LogP contribution >= 0.6 is 11.3 Å². The molecule has 0 radical (unpaired) electrons. The van der Waals surface area contributed by atoms with E-state index in [9.17, 15) is 9.59 Å². The number of likely N-dealkylation sites (tertiary alicyclic amines) is 1. The lowest BCUT2D eigenvalue weighted by Crippen LogP contribution is -2.45. The number of amides is 2. The summed E-state index contributed by atoms with van der Waals surface area (Å²) < 4.78 is 1.99. The molecule has 1 aliphatic rings. The van der Waals surface area contributed by atoms with Gasteiger partial charge in [0.1, 0.15) is 11.0 Å². The topological polar surface area (TPSA) is 80.1 Å². The number of aromatic nitrogens is 3. The molecule has 1 atom stereocenters. The zero-order valence-corrected chi connectivity index (χ0v) is 19.0. The molecule has 0 unspecified atom stereocenters. The van der Waals surface area contributed by atoms with Gasteiger partial charge in [-0.2, -0.15) is 0 Å². The number of nitrogens with one attached hydrogen (secondary N) is 1. The Hall–Kier alpha value is -3.52. The molecule has 33 heavy (non-hydrogen) atoms. The molecule has 2 aromatic carbocycles. The summed E-state index contributed by atoms with van der Waals surface area (Å²) in [5.74, 6) is -0.103. The molecule has 7 nitrogen and oxygen atoms in total. The van der Waals surface area contributed by atoms with Crippen molar-refractivity contribution in [3.63, 3.8) is 0 Å². The zero-order chi connectivity index (χ0) is 22.6. The molecule has 5 rings (SSSR count). The standard InChI is InChI=1S/C25H25N5O2S/c31-23(12-14-29-17-27-20-9-4-5-10-21(20)29)30-13-6-11-22(30)24(32)26-15-19-16-33-25(28-19)18-7-2-1-3-8-18/h1-5,7-10,16-17,22H,6,11-15H2,(H,26,32)/t22-/m1/s1. The van der Waals surface area contributed by atoms with Crippen molar-refractivity contribution in [2.45, 2.75) is 38.4 Å². The van der Waals surface area contributed by atoms with Crippen molar-refractivity contribution in [1.82, 2.24) is 24.8 Å². The first-order valence-electron chi connectivity index (χ1n) is 11.2. The number of hydrogen-bond donors (Lipinski definition) is 1. The van der Waals surface area contributed by atoms with E-state index in [1.54, 1.807) is 22.6 Å². The fourth-order valence-electron chi connectivity index (χ4n) is 4.28. The molecule has 0 saturated carbocycles. The Morgan fingerprint density at radius 2 is 1.91 bits per heavy atom. The van der Waals surface area contributed by atoms with Gasteiger partial charge in [0, 0.05) is 30.5 Å². The van der Waals surface area contributed by atoms with Crippen LogP contribution in [0, 0.1) is 0 Å². The third-order valence-electron chi connectivity index (χ3n) is 5.99. The van der Waals surface area contributed by atoms with Crippen LogP contribution in [0.15, 0.2) is 66.3 Å². The number of imidazole rings is 1. The molecule has 168 valence electrons. The molecular weight excluding hydrogens is 434 g/mol. The highest BCUT2D eigenvalue weighted by Crippen LogP contribution is 2.24. The van der Waals surface area contributed by atoms with Crippen LogP contribution in [0.5, 0.6) is 0 Å². The third kappa shape index (κ3) is 4.66. The Balaban J connectivity index is 1.16. The first-order valence-corrected chi connectivity index (χ1v) is 12.0. The predicted molar refractivity (Wildman–Crippen MR) is 128 cm³/mol. The van der Waals surface area contributed by atoms with Crippen LogP contribution in [0.3, 0.4) is 0 Å². The van der Waals surface area contributed by atoms with Gasteiger partial charge in [0.05, 0.1) is 29.6 Å². The second kappa shape index (κ2) is 9.54. The number of fused-ring (bicyclic) bond motifs is 1. The average Bonchev–Trinajstić information content (AvgIpc) is 3.61. The van der Waals surface area contributed by atoms with Gasteiger partial charge in [-0.15, -0.1) is 11.3 Å². The number of rotatable bonds is 7. The van der Waals surface area contributed by atoms with Gasteiger partial charge in [0.15, 0.2) is 0 Å². The second-order valence-corrected chi connectivity index (χ2v) is 9.01. The molecule has 0 aliphatic carbocycles. The molecule has 1 N–H and O–H groups in total. The maximum atomic E-state index is 12.9. The average molecular weight is 460 g/mol. The smallest absolute Gasteiger partial charge is 0.243 e. The normalized spacial score (nSPS) is 15.8. The minimum atomic E-state index is -0.413. The summed E-state index contributed by atoms with van der Waals surface area (Å²) in [6.45, 7) is 1.53. The summed E-state index contributed by atoms with van der Waals surface area (Å²) in [5.41, 5.74) is 3.83. The van der Waals surface area contributed by atoms with Crippen LogP contribution in [0.4, 0.5) is 0 Å². The number of carbonyl (C=O) groups excluding carboxylic acids is 2. The zero-order valence-electron chi connectivity index (χ0n) is 18.2. The van der Waals surface area contributed by atoms with Crippen molar-refractivity contribution >= 4 is 34.2 Å². The Morgan fingerprint density at radius 1 is 1.09 bits per heavy atom. The lowest BCUT2D eigenvalue weighted by Gasteiger charge is -2.24. The molecule has 1 aliphatic heterocycles. The Morgan fingerprint density at radius 3 is 2.79 bits per heavy atom. The summed E-state index contributed by atoms with van der Waals surface area (Å²) in [7, 11) is 0. The van der Waals surface area contributed by atoms with Crippen molar-refractivity contribution in [2.75, 3.05) is 6.54 Å². The molecule has 8 heteroatoms. The highest BCUT2D eigenvalue weighted by atomic mass is 32.1. The number of aryl methyl sites for hydroxylation is 1. The fraction of sp³-hybridized carbons (Fsp3) is 0.280. The fourth-order valence-corrected chi connectivity index (χ4v) is 5.11. The first-order chi connectivity index (χ1) is 16.2. The minimum absolute atomic E-state index is 0.00505. The minimum Gasteiger partial charge on any atom is -0.349 e. The quantitative estimate of drug-likeness (QED) is 0.455. The van der Waals surface area contributed by atoms with E-state index in [1.807, 2.05) is 64.5 Å². The highest BCUT2D eigenvalue weighted by Gasteiger charge is 2.33. The van der Waals surface area contributed by atoms with E-state index in [0.29, 0.717) is 32.5 Å². The molecule has 0 bridgehead atoms. The van der Waals surface area contributed by atoms with E-state index in [-0.39, 0.29) is 11.8 Å². The van der Waals surface area contributed by atoms with Crippen molar-refractivity contribution < 1.29 is 9.59 Å². The lowest BCUT2D eigenvalue weighted by molar-refractivity contribution is -0.138. The van der Waals surface area contributed by atoms with E-state index in [0.717, 1.165) is 33.7 Å². The summed E-state index contributed by atoms with van der Waals surface area (Å²) in [6, 6.07) is 17.5. The van der Waals surface area contributed by atoms with Crippen molar-refractivity contribution in [1.29, 1.82) is 0 Å². The number of hydrogen-bond acceptors (Lipinski definition) is 5. The van der Waals surface area contributed by atoms with E-state index in [1.165, 1.54) is 0 Å². The molecule has 3 heterocycles. The van der Waals surface area contributed by atoms with Gasteiger partial charge in [-0.25, -0.2) is 9.97 Å². The van der Waals surface area contributed by atoms with E-state index >= 15 is 0 Å². The summed E-state index contributed by atoms with van der Waals surface area (Å²) >= 11 is 1.56. The van der Waals surface area contributed by atoms with Gasteiger partial charge in [-0.05, 0) is 25.0 Å². The molecule has 2 aromatic heterocycles. The van der Waals surface area contributed by atoms with E-state index < -0.39 is 6.04 Å². The molecule has 1 fully saturated rings. The molecule has 1 saturated heterocycles. The molecular formula is C25H25N5O2S. The van der Waals surface area contributed by atoms with Crippen molar-refractivity contribution in [3.8, 4) is 10.6 Å². The van der Waals surface area contributed by atoms with E-state index in [4.69, 9.17) is 0 Å². The van der Waals surface area contributed by atoms with Crippen molar-refractivity contribution in [2.24, 2.45) is 0 Å². The van der Waals surface area contributed by atoms with Crippen LogP contribution in [-0.4, -0.2) is 43.8 Å². The monoisotopic (exact) mass is 459 g/mol. The van der Waals surface area contributed by atoms with Crippen LogP contribution in [0.25, 0.3) is 21.6 Å². The Bertz CT molecular complexity index is 1270. The maximum Gasteiger partial charge on any atom is 0.243 e. The third-order valence-corrected chi connectivity index (χ3v) is 6.93. The number of nitrogens with zero attached hydrogens (tertiary/aromatic N) is 4. The SMILES string of the molecule is O=C(NCc1csc(-c2ccccc2)n1)[C@H]1CCCN1C(=O)CCn1cnc2ccccc21. The van der Waals surface area contributed by atoms with E-state index in [2.05, 4.69) is 15.3 Å². The van der Waals surface area contributed by atoms with Gasteiger partial charge in [-0.3, -0.25) is 9.59 Å².